The Balaban J connectivity index is 1.43. The highest BCUT2D eigenvalue weighted by Gasteiger charge is 2.30. The quantitative estimate of drug-likeness (QED) is 0.344. The number of allylic oxidation sites excluding steroid dienone is 3. The van der Waals surface area contributed by atoms with Gasteiger partial charge in [-0.2, -0.15) is 28.1 Å². The van der Waals surface area contributed by atoms with Gasteiger partial charge in [0.2, 0.25) is 11.9 Å². The summed E-state index contributed by atoms with van der Waals surface area (Å²) in [6.45, 7) is 3.14. The number of anilines is 2. The van der Waals surface area contributed by atoms with E-state index in [2.05, 4.69) is 33.3 Å². The SMILES string of the molecule is CC1C=C(CS(=O)C[C@H](Nc2nc(-c3ccc(C(F)(F)F)cc3)nc(N3CCc4ccccc4C3)n2)C(=O)O)C=CC1. The number of rotatable bonds is 9. The lowest BCUT2D eigenvalue weighted by Gasteiger charge is -2.29. The predicted molar refractivity (Wildman–Crippen MR) is 155 cm³/mol. The lowest BCUT2D eigenvalue weighted by Crippen LogP contribution is -2.37. The van der Waals surface area contributed by atoms with Crippen molar-refractivity contribution in [2.75, 3.05) is 28.3 Å². The molecule has 1 aliphatic carbocycles. The molecule has 220 valence electrons. The van der Waals surface area contributed by atoms with Crippen LogP contribution in [0.5, 0.6) is 0 Å². The fraction of sp³-hybridized carbons (Fsp3) is 0.333. The van der Waals surface area contributed by atoms with Crippen molar-refractivity contribution in [2.45, 2.75) is 38.5 Å². The highest BCUT2D eigenvalue weighted by atomic mass is 32.2. The number of benzene rings is 2. The zero-order valence-electron chi connectivity index (χ0n) is 22.8. The van der Waals surface area contributed by atoms with Crippen molar-refractivity contribution < 1.29 is 27.3 Å². The molecule has 0 fully saturated rings. The van der Waals surface area contributed by atoms with Crippen LogP contribution in [0.1, 0.15) is 30.0 Å². The van der Waals surface area contributed by atoms with E-state index in [1.54, 1.807) is 0 Å². The predicted octanol–water partition coefficient (Wildman–Crippen LogP) is 5.26. The topological polar surface area (TPSA) is 108 Å². The van der Waals surface area contributed by atoms with Crippen LogP contribution in [-0.2, 0) is 34.7 Å². The molecule has 8 nitrogen and oxygen atoms in total. The van der Waals surface area contributed by atoms with E-state index in [1.165, 1.54) is 17.7 Å². The van der Waals surface area contributed by atoms with E-state index >= 15 is 0 Å². The maximum Gasteiger partial charge on any atom is 0.416 e. The van der Waals surface area contributed by atoms with Gasteiger partial charge in [0.1, 0.15) is 6.04 Å². The first-order valence-corrected chi connectivity index (χ1v) is 15.0. The van der Waals surface area contributed by atoms with E-state index in [9.17, 15) is 27.3 Å². The summed E-state index contributed by atoms with van der Waals surface area (Å²) in [6.07, 6.45) is 3.10. The number of carboxylic acid groups (broad SMARTS) is 1. The van der Waals surface area contributed by atoms with Gasteiger partial charge in [0.15, 0.2) is 5.82 Å². The first kappa shape index (κ1) is 29.4. The average molecular weight is 598 g/mol. The van der Waals surface area contributed by atoms with Crippen molar-refractivity contribution in [2.24, 2.45) is 5.92 Å². The summed E-state index contributed by atoms with van der Waals surface area (Å²) < 4.78 is 52.4. The molecule has 0 saturated carbocycles. The molecule has 0 amide bonds. The molecule has 42 heavy (non-hydrogen) atoms. The number of nitrogens with zero attached hydrogens (tertiary/aromatic N) is 4. The molecule has 0 spiro atoms. The second kappa shape index (κ2) is 12.4. The Morgan fingerprint density at radius 2 is 1.86 bits per heavy atom. The van der Waals surface area contributed by atoms with Gasteiger partial charge in [-0.1, -0.05) is 61.5 Å². The van der Waals surface area contributed by atoms with Crippen LogP contribution in [0.2, 0.25) is 0 Å². The fourth-order valence-corrected chi connectivity index (χ4v) is 6.23. The second-order valence-electron chi connectivity index (χ2n) is 10.4. The van der Waals surface area contributed by atoms with Crippen LogP contribution in [0.4, 0.5) is 25.1 Å². The summed E-state index contributed by atoms with van der Waals surface area (Å²) in [7, 11) is -1.49. The van der Waals surface area contributed by atoms with E-state index < -0.39 is 34.6 Å². The number of halogens is 3. The van der Waals surface area contributed by atoms with Crippen LogP contribution < -0.4 is 10.2 Å². The second-order valence-corrected chi connectivity index (χ2v) is 11.9. The number of alkyl halides is 3. The number of carbonyl (C=O) groups is 1. The van der Waals surface area contributed by atoms with Gasteiger partial charge in [-0.15, -0.1) is 0 Å². The minimum absolute atomic E-state index is 0.0662. The van der Waals surface area contributed by atoms with Gasteiger partial charge in [0.25, 0.3) is 0 Å². The van der Waals surface area contributed by atoms with E-state index in [-0.39, 0.29) is 29.2 Å². The first-order valence-electron chi connectivity index (χ1n) is 13.5. The van der Waals surface area contributed by atoms with Gasteiger partial charge in [0.05, 0.1) is 11.3 Å². The Labute approximate surface area is 243 Å². The number of nitrogens with one attached hydrogen (secondary N) is 1. The van der Waals surface area contributed by atoms with E-state index in [1.807, 2.05) is 41.3 Å². The first-order chi connectivity index (χ1) is 20.0. The molecule has 0 radical (unpaired) electrons. The Kier molecular flexibility index (Phi) is 8.72. The van der Waals surface area contributed by atoms with Gasteiger partial charge in [-0.25, -0.2) is 4.79 Å². The zero-order valence-corrected chi connectivity index (χ0v) is 23.7. The number of hydrogen-bond donors (Lipinski definition) is 2. The Morgan fingerprint density at radius 3 is 2.55 bits per heavy atom. The maximum atomic E-state index is 13.2. The highest BCUT2D eigenvalue weighted by molar-refractivity contribution is 7.85. The Hall–Kier alpha value is -4.06. The van der Waals surface area contributed by atoms with Crippen LogP contribution in [0.15, 0.2) is 72.3 Å². The van der Waals surface area contributed by atoms with E-state index in [0.717, 1.165) is 36.1 Å². The zero-order chi connectivity index (χ0) is 29.9. The Bertz CT molecular complexity index is 1540. The molecule has 2 aromatic carbocycles. The summed E-state index contributed by atoms with van der Waals surface area (Å²) >= 11 is 0. The van der Waals surface area contributed by atoms with Crippen LogP contribution in [-0.4, -0.2) is 54.3 Å². The molecule has 3 atom stereocenters. The van der Waals surface area contributed by atoms with E-state index in [4.69, 9.17) is 0 Å². The van der Waals surface area contributed by atoms with Crippen molar-refractivity contribution in [1.29, 1.82) is 0 Å². The van der Waals surface area contributed by atoms with Crippen LogP contribution in [0, 0.1) is 5.92 Å². The molecular weight excluding hydrogens is 567 g/mol. The molecule has 2 N–H and O–H groups in total. The molecule has 2 unspecified atom stereocenters. The molecular formula is C30H30F3N5O3S. The molecule has 2 aliphatic rings. The summed E-state index contributed by atoms with van der Waals surface area (Å²) in [5.41, 5.74) is 2.70. The molecule has 1 aliphatic heterocycles. The minimum atomic E-state index is -4.50. The minimum Gasteiger partial charge on any atom is -0.480 e. The van der Waals surface area contributed by atoms with Gasteiger partial charge in [-0.05, 0) is 47.6 Å². The molecule has 1 aromatic heterocycles. The molecule has 5 rings (SSSR count). The van der Waals surface area contributed by atoms with Crippen LogP contribution >= 0.6 is 0 Å². The number of carboxylic acids is 1. The normalized spacial score (nSPS) is 18.1. The van der Waals surface area contributed by atoms with Crippen molar-refractivity contribution in [3.05, 3.63) is 89.0 Å². The largest absolute Gasteiger partial charge is 0.480 e. The lowest BCUT2D eigenvalue weighted by atomic mass is 9.99. The molecule has 0 saturated heterocycles. The lowest BCUT2D eigenvalue weighted by molar-refractivity contribution is -0.138. The van der Waals surface area contributed by atoms with Crippen molar-refractivity contribution in [3.63, 3.8) is 0 Å². The molecule has 12 heteroatoms. The van der Waals surface area contributed by atoms with Crippen molar-refractivity contribution in [1.82, 2.24) is 15.0 Å². The molecule has 0 bridgehead atoms. The van der Waals surface area contributed by atoms with Gasteiger partial charge in [-0.3, -0.25) is 4.21 Å². The van der Waals surface area contributed by atoms with Gasteiger partial charge < -0.3 is 15.3 Å². The summed E-state index contributed by atoms with van der Waals surface area (Å²) in [6, 6.07) is 11.1. The summed E-state index contributed by atoms with van der Waals surface area (Å²) in [5.74, 6) is -0.593. The fourth-order valence-electron chi connectivity index (χ4n) is 4.96. The molecule has 3 aromatic rings. The van der Waals surface area contributed by atoms with Crippen molar-refractivity contribution >= 4 is 28.7 Å². The van der Waals surface area contributed by atoms with Crippen molar-refractivity contribution in [3.8, 4) is 11.4 Å². The van der Waals surface area contributed by atoms with Gasteiger partial charge >= 0.3 is 12.1 Å². The highest BCUT2D eigenvalue weighted by Crippen LogP contribution is 2.31. The van der Waals surface area contributed by atoms with Gasteiger partial charge in [0, 0.05) is 35.2 Å². The maximum absolute atomic E-state index is 13.2. The van der Waals surface area contributed by atoms with Crippen LogP contribution in [0.25, 0.3) is 11.4 Å². The summed E-state index contributed by atoms with van der Waals surface area (Å²) in [5, 5.41) is 12.7. The number of aliphatic carboxylic acids is 1. The number of hydrogen-bond acceptors (Lipinski definition) is 7. The third-order valence-electron chi connectivity index (χ3n) is 7.13. The van der Waals surface area contributed by atoms with E-state index in [0.29, 0.717) is 24.6 Å². The molecule has 2 heterocycles. The standard InChI is InChI=1S/C30H30F3N5O3S/c1-19-5-4-6-20(15-19)17-42(41)18-25(27(39)40)34-28-35-26(22-9-11-24(12-10-22)30(31,32)33)36-29(37-28)38-14-13-21-7-2-3-8-23(21)16-38/h2-4,6-12,15,19,25H,5,13-14,16-18H2,1H3,(H,39,40)(H,34,35,36,37)/t19?,25-,42?/m0/s1. The third-order valence-corrected chi connectivity index (χ3v) is 8.49. The number of fused-ring (bicyclic) bond motifs is 1. The summed E-state index contributed by atoms with van der Waals surface area (Å²) in [4.78, 5) is 27.5. The van der Waals surface area contributed by atoms with Crippen LogP contribution in [0.3, 0.4) is 0 Å². The monoisotopic (exact) mass is 597 g/mol. The number of aromatic nitrogens is 3. The Morgan fingerprint density at radius 1 is 1.12 bits per heavy atom. The average Bonchev–Trinajstić information content (AvgIpc) is 2.96. The third kappa shape index (κ3) is 7.22. The smallest absolute Gasteiger partial charge is 0.416 e.